The molecule has 2 atom stereocenters. The van der Waals surface area contributed by atoms with Gasteiger partial charge in [0.1, 0.15) is 0 Å². The van der Waals surface area contributed by atoms with Gasteiger partial charge in [0.05, 0.1) is 12.5 Å². The molecule has 0 radical (unpaired) electrons. The minimum atomic E-state index is -0.106. The second-order valence-electron chi connectivity index (χ2n) is 7.84. The highest BCUT2D eigenvalue weighted by atomic mass is 16.5. The summed E-state index contributed by atoms with van der Waals surface area (Å²) in [7, 11) is 0. The molecule has 2 amide bonds. The van der Waals surface area contributed by atoms with E-state index in [1.54, 1.807) is 0 Å². The fourth-order valence-corrected chi connectivity index (χ4v) is 4.51. The molecule has 0 aromatic rings. The first kappa shape index (κ1) is 15.4. The molecule has 0 N–H and O–H groups in total. The van der Waals surface area contributed by atoms with Crippen molar-refractivity contribution in [2.24, 2.45) is 11.8 Å². The zero-order chi connectivity index (χ0) is 15.8. The Morgan fingerprint density at radius 2 is 1.96 bits per heavy atom. The summed E-state index contributed by atoms with van der Waals surface area (Å²) in [5.41, 5.74) is 0. The lowest BCUT2D eigenvalue weighted by Gasteiger charge is -2.28. The van der Waals surface area contributed by atoms with Crippen LogP contribution in [0.3, 0.4) is 0 Å². The van der Waals surface area contributed by atoms with E-state index in [1.807, 2.05) is 4.90 Å². The van der Waals surface area contributed by atoms with Gasteiger partial charge in [-0.3, -0.25) is 9.59 Å². The lowest BCUT2D eigenvalue weighted by Crippen LogP contribution is -2.42. The molecular weight excluding hydrogens is 292 g/mol. The number of likely N-dealkylation sites (tertiary alicyclic amines) is 1. The number of hydrogen-bond donors (Lipinski definition) is 0. The number of amides is 2. The van der Waals surface area contributed by atoms with Crippen molar-refractivity contribution < 1.29 is 14.3 Å². The molecule has 0 spiro atoms. The summed E-state index contributed by atoms with van der Waals surface area (Å²) in [4.78, 5) is 29.5. The van der Waals surface area contributed by atoms with Crippen LogP contribution in [0.25, 0.3) is 0 Å². The lowest BCUT2D eigenvalue weighted by atomic mass is 10.0. The Balaban J connectivity index is 1.39. The molecule has 4 aliphatic rings. The summed E-state index contributed by atoms with van der Waals surface area (Å²) >= 11 is 0. The molecule has 2 aliphatic carbocycles. The summed E-state index contributed by atoms with van der Waals surface area (Å²) in [6.45, 7) is 3.10. The Morgan fingerprint density at radius 3 is 2.61 bits per heavy atom. The van der Waals surface area contributed by atoms with Gasteiger partial charge in [0, 0.05) is 44.1 Å². The second kappa shape index (κ2) is 6.42. The summed E-state index contributed by atoms with van der Waals surface area (Å²) in [5, 5.41) is 0. The van der Waals surface area contributed by atoms with Crippen LogP contribution in [-0.2, 0) is 14.3 Å². The Kier molecular flexibility index (Phi) is 4.31. The third-order valence-corrected chi connectivity index (χ3v) is 6.02. The van der Waals surface area contributed by atoms with Crippen LogP contribution in [-0.4, -0.2) is 60.0 Å². The van der Waals surface area contributed by atoms with Crippen molar-refractivity contribution in [2.45, 2.75) is 63.5 Å². The molecule has 0 aromatic carbocycles. The van der Waals surface area contributed by atoms with Gasteiger partial charge >= 0.3 is 0 Å². The topological polar surface area (TPSA) is 49.9 Å². The third kappa shape index (κ3) is 3.25. The summed E-state index contributed by atoms with van der Waals surface area (Å²) in [6, 6.07) is 0.830. The first-order valence-electron chi connectivity index (χ1n) is 9.40. The molecular formula is C18H28N2O3. The molecule has 0 bridgehead atoms. The first-order chi connectivity index (χ1) is 11.2. The SMILES string of the molecule is O=C1C[C@H](C(=O)N(C[C@H]2CCOC2)C2CC2)CN1C1CCCC1. The average Bonchev–Trinajstić information content (AvgIpc) is 2.99. The maximum absolute atomic E-state index is 13.0. The van der Waals surface area contributed by atoms with Gasteiger partial charge in [-0.25, -0.2) is 0 Å². The fourth-order valence-electron chi connectivity index (χ4n) is 4.51. The third-order valence-electron chi connectivity index (χ3n) is 6.02. The van der Waals surface area contributed by atoms with Crippen LogP contribution in [0, 0.1) is 11.8 Å². The van der Waals surface area contributed by atoms with Crippen LogP contribution in [0.4, 0.5) is 0 Å². The van der Waals surface area contributed by atoms with Crippen LogP contribution in [0.15, 0.2) is 0 Å². The molecule has 2 aliphatic heterocycles. The highest BCUT2D eigenvalue weighted by Gasteiger charge is 2.43. The van der Waals surface area contributed by atoms with Crippen LogP contribution in [0.1, 0.15) is 51.4 Å². The molecule has 4 rings (SSSR count). The van der Waals surface area contributed by atoms with Crippen LogP contribution in [0.2, 0.25) is 0 Å². The van der Waals surface area contributed by atoms with Crippen LogP contribution in [0.5, 0.6) is 0 Å². The van der Waals surface area contributed by atoms with Crippen molar-refractivity contribution in [1.29, 1.82) is 0 Å². The summed E-state index contributed by atoms with van der Waals surface area (Å²) < 4.78 is 5.46. The Hall–Kier alpha value is -1.10. The highest BCUT2D eigenvalue weighted by Crippen LogP contribution is 2.34. The number of carbonyl (C=O) groups is 2. The van der Waals surface area contributed by atoms with Gasteiger partial charge in [0.15, 0.2) is 0 Å². The van der Waals surface area contributed by atoms with E-state index >= 15 is 0 Å². The van der Waals surface area contributed by atoms with E-state index in [0.717, 1.165) is 51.9 Å². The normalized spacial score (nSPS) is 32.0. The van der Waals surface area contributed by atoms with Gasteiger partial charge in [-0.1, -0.05) is 12.8 Å². The Morgan fingerprint density at radius 1 is 1.17 bits per heavy atom. The molecule has 2 heterocycles. The number of rotatable bonds is 5. The maximum atomic E-state index is 13.0. The predicted molar refractivity (Wildman–Crippen MR) is 85.7 cm³/mol. The van der Waals surface area contributed by atoms with Crippen molar-refractivity contribution in [3.8, 4) is 0 Å². The molecule has 2 saturated carbocycles. The average molecular weight is 320 g/mol. The molecule has 4 fully saturated rings. The Labute approximate surface area is 138 Å². The van der Waals surface area contributed by atoms with Crippen molar-refractivity contribution in [3.05, 3.63) is 0 Å². The number of ether oxygens (including phenoxy) is 1. The minimum Gasteiger partial charge on any atom is -0.381 e. The molecule has 2 saturated heterocycles. The molecule has 5 nitrogen and oxygen atoms in total. The van der Waals surface area contributed by atoms with Gasteiger partial charge < -0.3 is 14.5 Å². The van der Waals surface area contributed by atoms with Gasteiger partial charge in [0.25, 0.3) is 0 Å². The maximum Gasteiger partial charge on any atom is 0.228 e. The zero-order valence-electron chi connectivity index (χ0n) is 13.9. The standard InChI is InChI=1S/C18H28N2O3/c21-17-9-14(11-19(17)15-3-1-2-4-15)18(22)20(16-5-6-16)10-13-7-8-23-12-13/h13-16H,1-12H2/t13-,14+/m1/s1. The molecule has 23 heavy (non-hydrogen) atoms. The minimum absolute atomic E-state index is 0.106. The van der Waals surface area contributed by atoms with Gasteiger partial charge in [-0.15, -0.1) is 0 Å². The monoisotopic (exact) mass is 320 g/mol. The predicted octanol–water partition coefficient (Wildman–Crippen LogP) is 1.80. The highest BCUT2D eigenvalue weighted by molar-refractivity contribution is 5.89. The van der Waals surface area contributed by atoms with Gasteiger partial charge in [0.2, 0.25) is 11.8 Å². The van der Waals surface area contributed by atoms with Crippen LogP contribution >= 0.6 is 0 Å². The van der Waals surface area contributed by atoms with Crippen LogP contribution < -0.4 is 0 Å². The first-order valence-corrected chi connectivity index (χ1v) is 9.40. The van der Waals surface area contributed by atoms with Crippen molar-refractivity contribution in [3.63, 3.8) is 0 Å². The van der Waals surface area contributed by atoms with E-state index in [-0.39, 0.29) is 17.7 Å². The van der Waals surface area contributed by atoms with E-state index in [1.165, 1.54) is 12.8 Å². The summed E-state index contributed by atoms with van der Waals surface area (Å²) in [5.74, 6) is 0.817. The molecule has 0 unspecified atom stereocenters. The fraction of sp³-hybridized carbons (Fsp3) is 0.889. The zero-order valence-corrected chi connectivity index (χ0v) is 13.9. The van der Waals surface area contributed by atoms with E-state index in [2.05, 4.69) is 4.90 Å². The number of nitrogens with zero attached hydrogens (tertiary/aromatic N) is 2. The molecule has 128 valence electrons. The smallest absolute Gasteiger partial charge is 0.228 e. The number of hydrogen-bond acceptors (Lipinski definition) is 3. The van der Waals surface area contributed by atoms with E-state index < -0.39 is 0 Å². The van der Waals surface area contributed by atoms with Crippen molar-refractivity contribution in [2.75, 3.05) is 26.3 Å². The van der Waals surface area contributed by atoms with E-state index in [0.29, 0.717) is 31.0 Å². The van der Waals surface area contributed by atoms with Crippen molar-refractivity contribution in [1.82, 2.24) is 9.80 Å². The lowest BCUT2D eigenvalue weighted by molar-refractivity contribution is -0.137. The molecule has 5 heteroatoms. The van der Waals surface area contributed by atoms with Gasteiger partial charge in [-0.2, -0.15) is 0 Å². The number of carbonyl (C=O) groups excluding carboxylic acids is 2. The Bertz CT molecular complexity index is 465. The summed E-state index contributed by atoms with van der Waals surface area (Å²) in [6.07, 6.45) is 8.45. The van der Waals surface area contributed by atoms with Crippen molar-refractivity contribution >= 4 is 11.8 Å². The second-order valence-corrected chi connectivity index (χ2v) is 7.84. The molecule has 0 aromatic heterocycles. The quantitative estimate of drug-likeness (QED) is 0.776. The van der Waals surface area contributed by atoms with E-state index in [9.17, 15) is 9.59 Å². The van der Waals surface area contributed by atoms with Gasteiger partial charge in [-0.05, 0) is 32.1 Å². The van der Waals surface area contributed by atoms with E-state index in [4.69, 9.17) is 4.74 Å². The largest absolute Gasteiger partial charge is 0.381 e.